The van der Waals surface area contributed by atoms with Gasteiger partial charge < -0.3 is 9.50 Å². The molecule has 1 N–H and O–H groups in total. The Morgan fingerprint density at radius 1 is 1.06 bits per heavy atom. The van der Waals surface area contributed by atoms with Crippen LogP contribution in [0, 0.1) is 21.4 Å². The molecule has 0 fully saturated rings. The lowest BCUT2D eigenvalue weighted by Crippen LogP contribution is -2.13. The number of amides is 1. The normalized spacial score (nSPS) is 11.4. The van der Waals surface area contributed by atoms with E-state index in [1.807, 2.05) is 0 Å². The Bertz CT molecular complexity index is 1430. The molecule has 0 aliphatic carbocycles. The smallest absolute Gasteiger partial charge is 0.339 e. The number of halogens is 2. The SMILES string of the molecule is N#C/C(=C\c1cc(Cl)c(OS(=O)(=O)c2ccccc2)c(Cl)c1)C(=O)Nc1cccc([N+](=O)[O-])c1. The standard InChI is InChI=1S/C22H13Cl2N3O6S/c23-19-10-14(11-20(24)21(19)33-34(31,32)18-7-2-1-3-8-18)9-15(13-25)22(28)26-16-5-4-6-17(12-16)27(29)30/h1-12H,(H,26,28)/b15-9+. The van der Waals surface area contributed by atoms with Gasteiger partial charge in [0, 0.05) is 17.8 Å². The lowest BCUT2D eigenvalue weighted by atomic mass is 10.1. The lowest BCUT2D eigenvalue weighted by molar-refractivity contribution is -0.384. The lowest BCUT2D eigenvalue weighted by Gasteiger charge is -2.11. The molecule has 0 radical (unpaired) electrons. The molecule has 3 aromatic carbocycles. The number of hydrogen-bond donors (Lipinski definition) is 1. The summed E-state index contributed by atoms with van der Waals surface area (Å²) >= 11 is 12.3. The Morgan fingerprint density at radius 3 is 2.29 bits per heavy atom. The van der Waals surface area contributed by atoms with Gasteiger partial charge in [0.05, 0.1) is 15.0 Å². The van der Waals surface area contributed by atoms with Crippen molar-refractivity contribution >= 4 is 56.7 Å². The number of nitro benzene ring substituents is 1. The molecule has 34 heavy (non-hydrogen) atoms. The van der Waals surface area contributed by atoms with Crippen molar-refractivity contribution in [3.63, 3.8) is 0 Å². The average Bonchev–Trinajstić information content (AvgIpc) is 2.80. The summed E-state index contributed by atoms with van der Waals surface area (Å²) in [5.74, 6) is -1.15. The molecule has 1 amide bonds. The molecule has 0 saturated heterocycles. The molecule has 0 aromatic heterocycles. The minimum atomic E-state index is -4.21. The van der Waals surface area contributed by atoms with Gasteiger partial charge >= 0.3 is 10.1 Å². The highest BCUT2D eigenvalue weighted by Gasteiger charge is 2.21. The third kappa shape index (κ3) is 5.90. The Labute approximate surface area is 204 Å². The van der Waals surface area contributed by atoms with Gasteiger partial charge in [-0.3, -0.25) is 14.9 Å². The van der Waals surface area contributed by atoms with E-state index in [9.17, 15) is 28.6 Å². The molecule has 3 rings (SSSR count). The first-order chi connectivity index (χ1) is 16.1. The number of non-ortho nitro benzene ring substituents is 1. The number of benzene rings is 3. The quantitative estimate of drug-likeness (QED) is 0.149. The van der Waals surface area contributed by atoms with E-state index in [0.29, 0.717) is 0 Å². The molecule has 0 saturated carbocycles. The molecular formula is C22H13Cl2N3O6S. The van der Waals surface area contributed by atoms with Crippen molar-refractivity contribution in [2.45, 2.75) is 4.90 Å². The van der Waals surface area contributed by atoms with Crippen LogP contribution in [0.5, 0.6) is 5.75 Å². The van der Waals surface area contributed by atoms with Gasteiger partial charge in [0.2, 0.25) is 0 Å². The zero-order valence-electron chi connectivity index (χ0n) is 16.9. The number of carbonyl (C=O) groups is 1. The molecule has 0 aliphatic rings. The Hall–Kier alpha value is -3.91. The Kier molecular flexibility index (Phi) is 7.53. The van der Waals surface area contributed by atoms with Crippen LogP contribution in [0.25, 0.3) is 6.08 Å². The maximum Gasteiger partial charge on any atom is 0.339 e. The van der Waals surface area contributed by atoms with Gasteiger partial charge in [0.1, 0.15) is 16.5 Å². The van der Waals surface area contributed by atoms with E-state index in [2.05, 4.69) is 5.32 Å². The summed E-state index contributed by atoms with van der Waals surface area (Å²) in [7, 11) is -4.21. The van der Waals surface area contributed by atoms with E-state index in [0.717, 1.165) is 6.07 Å². The number of anilines is 1. The fourth-order valence-electron chi connectivity index (χ4n) is 2.70. The third-order valence-corrected chi connectivity index (χ3v) is 6.03. The van der Waals surface area contributed by atoms with Crippen molar-refractivity contribution in [3.05, 3.63) is 98.0 Å². The van der Waals surface area contributed by atoms with E-state index in [4.69, 9.17) is 27.4 Å². The summed E-state index contributed by atoms with van der Waals surface area (Å²) in [4.78, 5) is 22.6. The molecule has 0 bridgehead atoms. The molecule has 0 heterocycles. The fraction of sp³-hybridized carbons (Fsp3) is 0. The summed E-state index contributed by atoms with van der Waals surface area (Å²) in [5.41, 5.74) is -0.263. The van der Waals surface area contributed by atoms with Crippen LogP contribution in [-0.2, 0) is 14.9 Å². The number of nitrogens with zero attached hydrogens (tertiary/aromatic N) is 2. The number of hydrogen-bond acceptors (Lipinski definition) is 7. The van der Waals surface area contributed by atoms with Gasteiger partial charge in [-0.15, -0.1) is 0 Å². The zero-order chi connectivity index (χ0) is 24.9. The van der Waals surface area contributed by atoms with Crippen LogP contribution in [0.15, 0.2) is 77.2 Å². The number of nitrogens with one attached hydrogen (secondary N) is 1. The predicted octanol–water partition coefficient (Wildman–Crippen LogP) is 5.21. The summed E-state index contributed by atoms with van der Waals surface area (Å²) in [6.07, 6.45) is 1.17. The van der Waals surface area contributed by atoms with Crippen LogP contribution in [0.1, 0.15) is 5.56 Å². The highest BCUT2D eigenvalue weighted by molar-refractivity contribution is 7.87. The summed E-state index contributed by atoms with van der Waals surface area (Å²) in [6.45, 7) is 0. The van der Waals surface area contributed by atoms with Gasteiger partial charge in [-0.05, 0) is 42.0 Å². The number of carbonyl (C=O) groups excluding carboxylic acids is 1. The molecule has 0 aliphatic heterocycles. The summed E-state index contributed by atoms with van der Waals surface area (Å²) < 4.78 is 30.0. The van der Waals surface area contributed by atoms with Crippen LogP contribution in [-0.4, -0.2) is 19.2 Å². The largest absolute Gasteiger partial charge is 0.376 e. The van der Waals surface area contributed by atoms with Gasteiger partial charge in [-0.2, -0.15) is 13.7 Å². The Balaban J connectivity index is 1.86. The third-order valence-electron chi connectivity index (χ3n) is 4.24. The monoisotopic (exact) mass is 517 g/mol. The molecule has 3 aromatic rings. The maximum atomic E-state index is 12.5. The van der Waals surface area contributed by atoms with Crippen LogP contribution < -0.4 is 9.50 Å². The zero-order valence-corrected chi connectivity index (χ0v) is 19.3. The minimum Gasteiger partial charge on any atom is -0.376 e. The maximum absolute atomic E-state index is 12.5. The van der Waals surface area contributed by atoms with Crippen LogP contribution in [0.3, 0.4) is 0 Å². The Morgan fingerprint density at radius 2 is 1.71 bits per heavy atom. The highest BCUT2D eigenvalue weighted by Crippen LogP contribution is 2.36. The first-order valence-electron chi connectivity index (χ1n) is 9.27. The number of rotatable bonds is 7. The first-order valence-corrected chi connectivity index (χ1v) is 11.4. The van der Waals surface area contributed by atoms with E-state index in [-0.39, 0.29) is 43.2 Å². The highest BCUT2D eigenvalue weighted by atomic mass is 35.5. The second-order valence-electron chi connectivity index (χ2n) is 6.60. The average molecular weight is 518 g/mol. The molecule has 0 unspecified atom stereocenters. The molecular weight excluding hydrogens is 505 g/mol. The predicted molar refractivity (Wildman–Crippen MR) is 126 cm³/mol. The van der Waals surface area contributed by atoms with Crippen molar-refractivity contribution in [1.82, 2.24) is 0 Å². The van der Waals surface area contributed by atoms with Gasteiger partial charge in [0.25, 0.3) is 11.6 Å². The van der Waals surface area contributed by atoms with Gasteiger partial charge in [-0.25, -0.2) is 0 Å². The molecule has 0 atom stereocenters. The van der Waals surface area contributed by atoms with E-state index in [1.54, 1.807) is 12.1 Å². The molecule has 172 valence electrons. The second-order valence-corrected chi connectivity index (χ2v) is 8.96. The van der Waals surface area contributed by atoms with Gasteiger partial charge in [0.15, 0.2) is 5.75 Å². The fourth-order valence-corrected chi connectivity index (χ4v) is 4.36. The summed E-state index contributed by atoms with van der Waals surface area (Å²) in [5, 5.41) is 22.3. The minimum absolute atomic E-state index is 0.101. The first kappa shape index (κ1) is 24.7. The van der Waals surface area contributed by atoms with Crippen LogP contribution in [0.4, 0.5) is 11.4 Å². The van der Waals surface area contributed by atoms with Crippen molar-refractivity contribution < 1.29 is 22.3 Å². The van der Waals surface area contributed by atoms with E-state index >= 15 is 0 Å². The number of nitriles is 1. The molecule has 0 spiro atoms. The van der Waals surface area contributed by atoms with Crippen molar-refractivity contribution in [2.75, 3.05) is 5.32 Å². The number of nitro groups is 1. The molecule has 12 heteroatoms. The van der Waals surface area contributed by atoms with E-state index < -0.39 is 20.9 Å². The topological polar surface area (TPSA) is 139 Å². The van der Waals surface area contributed by atoms with Crippen molar-refractivity contribution in [1.29, 1.82) is 5.26 Å². The summed E-state index contributed by atoms with van der Waals surface area (Å²) in [6, 6.07) is 16.8. The van der Waals surface area contributed by atoms with Crippen molar-refractivity contribution in [3.8, 4) is 11.8 Å². The molecule has 9 nitrogen and oxygen atoms in total. The van der Waals surface area contributed by atoms with Crippen LogP contribution in [0.2, 0.25) is 10.0 Å². The van der Waals surface area contributed by atoms with Gasteiger partial charge in [-0.1, -0.05) is 47.5 Å². The second kappa shape index (κ2) is 10.4. The van der Waals surface area contributed by atoms with Crippen molar-refractivity contribution in [2.24, 2.45) is 0 Å². The van der Waals surface area contributed by atoms with Crippen LogP contribution >= 0.6 is 23.2 Å². The van der Waals surface area contributed by atoms with E-state index in [1.165, 1.54) is 60.7 Å².